The summed E-state index contributed by atoms with van der Waals surface area (Å²) in [4.78, 5) is 52.7. The molecule has 0 spiro atoms. The Kier molecular flexibility index (Phi) is 10.7. The lowest BCUT2D eigenvalue weighted by Gasteiger charge is -2.24. The summed E-state index contributed by atoms with van der Waals surface area (Å²) in [5, 5.41) is 20.0. The van der Waals surface area contributed by atoms with Crippen molar-refractivity contribution in [2.45, 2.75) is 70.6 Å². The van der Waals surface area contributed by atoms with Crippen LogP contribution < -0.4 is 32.7 Å². The monoisotopic (exact) mass is 441 g/mol. The fourth-order valence-electron chi connectivity index (χ4n) is 3.12. The third kappa shape index (κ3) is 9.20. The van der Waals surface area contributed by atoms with Gasteiger partial charge in [0.1, 0.15) is 18.1 Å². The van der Waals surface area contributed by atoms with Crippen LogP contribution in [0, 0.1) is 5.92 Å². The molecule has 0 aromatic rings. The van der Waals surface area contributed by atoms with Crippen molar-refractivity contribution >= 4 is 29.7 Å². The first-order chi connectivity index (χ1) is 14.5. The van der Waals surface area contributed by atoms with Gasteiger partial charge in [-0.25, -0.2) is 4.79 Å². The summed E-state index contributed by atoms with van der Waals surface area (Å²) in [5.74, 6) is -3.01. The molecular formula is C19H35N7O5. The van der Waals surface area contributed by atoms with Gasteiger partial charge in [0, 0.05) is 6.54 Å². The molecule has 1 fully saturated rings. The van der Waals surface area contributed by atoms with E-state index in [-0.39, 0.29) is 36.8 Å². The van der Waals surface area contributed by atoms with Gasteiger partial charge in [0.25, 0.3) is 0 Å². The number of carbonyl (C=O) groups is 4. The Labute approximate surface area is 182 Å². The van der Waals surface area contributed by atoms with Crippen molar-refractivity contribution in [1.82, 2.24) is 21.3 Å². The van der Waals surface area contributed by atoms with Crippen LogP contribution in [0.25, 0.3) is 0 Å². The number of carbonyl (C=O) groups excluding carboxylic acids is 3. The van der Waals surface area contributed by atoms with E-state index in [1.807, 2.05) is 0 Å². The van der Waals surface area contributed by atoms with E-state index in [0.717, 1.165) is 13.0 Å². The van der Waals surface area contributed by atoms with Crippen molar-refractivity contribution in [1.29, 1.82) is 0 Å². The van der Waals surface area contributed by atoms with Crippen molar-refractivity contribution in [2.75, 3.05) is 13.1 Å². The number of carboxylic acids is 1. The molecule has 1 rings (SSSR count). The van der Waals surface area contributed by atoms with E-state index in [1.165, 1.54) is 6.92 Å². The molecule has 4 unspecified atom stereocenters. The number of nitrogens with zero attached hydrogens (tertiary/aromatic N) is 1. The molecule has 0 aromatic carbocycles. The number of guanidine groups is 1. The Morgan fingerprint density at radius 3 is 2.29 bits per heavy atom. The Bertz CT molecular complexity index is 673. The average molecular weight is 442 g/mol. The molecule has 1 aliphatic rings. The van der Waals surface area contributed by atoms with Crippen LogP contribution in [-0.2, 0) is 19.2 Å². The normalized spacial score (nSPS) is 18.5. The third-order valence-corrected chi connectivity index (χ3v) is 4.94. The fourth-order valence-corrected chi connectivity index (χ4v) is 3.12. The van der Waals surface area contributed by atoms with Crippen LogP contribution >= 0.6 is 0 Å². The summed E-state index contributed by atoms with van der Waals surface area (Å²) in [7, 11) is 0. The van der Waals surface area contributed by atoms with E-state index in [2.05, 4.69) is 26.3 Å². The summed E-state index contributed by atoms with van der Waals surface area (Å²) in [5.41, 5.74) is 10.6. The van der Waals surface area contributed by atoms with Gasteiger partial charge in [-0.1, -0.05) is 13.8 Å². The lowest BCUT2D eigenvalue weighted by molar-refractivity contribution is -0.143. The highest BCUT2D eigenvalue weighted by atomic mass is 16.4. The van der Waals surface area contributed by atoms with Crippen molar-refractivity contribution in [3.63, 3.8) is 0 Å². The highest BCUT2D eigenvalue weighted by molar-refractivity contribution is 5.94. The zero-order chi connectivity index (χ0) is 23.6. The van der Waals surface area contributed by atoms with Crippen molar-refractivity contribution in [3.05, 3.63) is 0 Å². The molecule has 1 aliphatic heterocycles. The average Bonchev–Trinajstić information content (AvgIpc) is 3.22. The Morgan fingerprint density at radius 2 is 1.77 bits per heavy atom. The zero-order valence-electron chi connectivity index (χ0n) is 18.3. The largest absolute Gasteiger partial charge is 0.480 e. The molecule has 0 bridgehead atoms. The van der Waals surface area contributed by atoms with E-state index in [0.29, 0.717) is 12.8 Å². The van der Waals surface area contributed by atoms with Gasteiger partial charge < -0.3 is 37.8 Å². The fraction of sp³-hybridized carbons (Fsp3) is 0.737. The summed E-state index contributed by atoms with van der Waals surface area (Å²) >= 11 is 0. The van der Waals surface area contributed by atoms with Crippen LogP contribution in [0.3, 0.4) is 0 Å². The highest BCUT2D eigenvalue weighted by Gasteiger charge is 2.30. The van der Waals surface area contributed by atoms with Gasteiger partial charge in [0.2, 0.25) is 17.7 Å². The molecule has 4 atom stereocenters. The van der Waals surface area contributed by atoms with Crippen LogP contribution in [-0.4, -0.2) is 72.0 Å². The minimum absolute atomic E-state index is 0.0661. The molecular weight excluding hydrogens is 406 g/mol. The summed E-state index contributed by atoms with van der Waals surface area (Å²) in [6.07, 6.45) is 2.25. The number of aliphatic carboxylic acids is 1. The smallest absolute Gasteiger partial charge is 0.326 e. The third-order valence-electron chi connectivity index (χ3n) is 4.94. The molecule has 12 nitrogen and oxygen atoms in total. The van der Waals surface area contributed by atoms with E-state index >= 15 is 0 Å². The predicted octanol–water partition coefficient (Wildman–Crippen LogP) is -1.99. The first-order valence-electron chi connectivity index (χ1n) is 10.5. The number of nitrogens with two attached hydrogens (primary N) is 2. The number of amides is 3. The Hall–Kier alpha value is -2.89. The van der Waals surface area contributed by atoms with Crippen LogP contribution in [0.5, 0.6) is 0 Å². The van der Waals surface area contributed by atoms with Gasteiger partial charge in [-0.2, -0.15) is 0 Å². The van der Waals surface area contributed by atoms with Gasteiger partial charge >= 0.3 is 5.97 Å². The Morgan fingerprint density at radius 1 is 1.10 bits per heavy atom. The van der Waals surface area contributed by atoms with Gasteiger partial charge in [-0.05, 0) is 45.1 Å². The number of carboxylic acid groups (broad SMARTS) is 1. The van der Waals surface area contributed by atoms with Gasteiger partial charge in [0.15, 0.2) is 5.96 Å². The van der Waals surface area contributed by atoms with Gasteiger partial charge in [0.05, 0.1) is 6.04 Å². The molecule has 176 valence electrons. The maximum atomic E-state index is 12.8. The summed E-state index contributed by atoms with van der Waals surface area (Å²) < 4.78 is 0. The molecule has 3 amide bonds. The molecule has 0 aromatic heterocycles. The first kappa shape index (κ1) is 26.1. The number of nitrogens with one attached hydrogen (secondary N) is 4. The molecule has 0 aliphatic carbocycles. The Balaban J connectivity index is 2.74. The second-order valence-electron chi connectivity index (χ2n) is 7.96. The first-order valence-corrected chi connectivity index (χ1v) is 10.5. The number of hydrogen-bond acceptors (Lipinski definition) is 6. The minimum atomic E-state index is -1.16. The topological polar surface area (TPSA) is 201 Å². The summed E-state index contributed by atoms with van der Waals surface area (Å²) in [6.45, 7) is 5.80. The quantitative estimate of drug-likeness (QED) is 0.102. The lowest BCUT2D eigenvalue weighted by Crippen LogP contribution is -2.56. The molecule has 9 N–H and O–H groups in total. The number of aliphatic imine (C=N–C) groups is 1. The number of hydrogen-bond donors (Lipinski definition) is 7. The maximum absolute atomic E-state index is 12.8. The van der Waals surface area contributed by atoms with Crippen LogP contribution in [0.1, 0.15) is 46.5 Å². The molecule has 0 radical (unpaired) electrons. The van der Waals surface area contributed by atoms with Crippen LogP contribution in [0.15, 0.2) is 4.99 Å². The predicted molar refractivity (Wildman–Crippen MR) is 115 cm³/mol. The van der Waals surface area contributed by atoms with Crippen LogP contribution in [0.4, 0.5) is 0 Å². The maximum Gasteiger partial charge on any atom is 0.326 e. The second kappa shape index (κ2) is 12.7. The van der Waals surface area contributed by atoms with E-state index in [9.17, 15) is 24.3 Å². The zero-order valence-corrected chi connectivity index (χ0v) is 18.3. The molecule has 12 heteroatoms. The molecule has 1 saturated heterocycles. The molecule has 1 heterocycles. The van der Waals surface area contributed by atoms with Crippen molar-refractivity contribution in [2.24, 2.45) is 22.4 Å². The molecule has 31 heavy (non-hydrogen) atoms. The van der Waals surface area contributed by atoms with E-state index < -0.39 is 35.9 Å². The second-order valence-corrected chi connectivity index (χ2v) is 7.96. The highest BCUT2D eigenvalue weighted by Crippen LogP contribution is 2.07. The van der Waals surface area contributed by atoms with E-state index in [4.69, 9.17) is 11.5 Å². The van der Waals surface area contributed by atoms with E-state index in [1.54, 1.807) is 13.8 Å². The lowest BCUT2D eigenvalue weighted by atomic mass is 10.0. The van der Waals surface area contributed by atoms with Crippen molar-refractivity contribution in [3.8, 4) is 0 Å². The SMILES string of the molecule is CC(NC(=O)C(CCCN=C(N)N)NC(=O)C1CCCN1)C(=O)NC(C(=O)O)C(C)C. The standard InChI is InChI=1S/C19H35N7O5/c1-10(2)14(18(30)31)26-15(27)11(3)24-17(29)13(7-5-9-23-19(20)21)25-16(28)12-6-4-8-22-12/h10-14,22H,4-9H2,1-3H3,(H,24,29)(H,25,28)(H,26,27)(H,30,31)(H4,20,21,23). The van der Waals surface area contributed by atoms with Crippen molar-refractivity contribution < 1.29 is 24.3 Å². The summed E-state index contributed by atoms with van der Waals surface area (Å²) in [6, 6.07) is -3.32. The van der Waals surface area contributed by atoms with Gasteiger partial charge in [-0.3, -0.25) is 19.4 Å². The number of rotatable bonds is 12. The molecule has 0 saturated carbocycles. The minimum Gasteiger partial charge on any atom is -0.480 e. The van der Waals surface area contributed by atoms with Crippen LogP contribution in [0.2, 0.25) is 0 Å². The van der Waals surface area contributed by atoms with Gasteiger partial charge in [-0.15, -0.1) is 0 Å².